The molecule has 0 saturated carbocycles. The lowest BCUT2D eigenvalue weighted by Crippen LogP contribution is -2.27. The summed E-state index contributed by atoms with van der Waals surface area (Å²) in [6.45, 7) is 3.77. The minimum atomic E-state index is -0.234. The molecule has 2 aliphatic heterocycles. The van der Waals surface area contributed by atoms with Crippen molar-refractivity contribution in [2.24, 2.45) is 5.92 Å². The quantitative estimate of drug-likeness (QED) is 0.788. The summed E-state index contributed by atoms with van der Waals surface area (Å²) in [7, 11) is 0. The van der Waals surface area contributed by atoms with Crippen LogP contribution in [0.3, 0.4) is 0 Å². The van der Waals surface area contributed by atoms with Gasteiger partial charge in [0.25, 0.3) is 0 Å². The predicted octanol–water partition coefficient (Wildman–Crippen LogP) is 4.04. The van der Waals surface area contributed by atoms with E-state index in [1.54, 1.807) is 0 Å². The third-order valence-corrected chi connectivity index (χ3v) is 4.22. The molecule has 1 saturated heterocycles. The standard InChI is InChI=1S/C16H21ClO3/c1-2-3-11-9-18-16(19-10-11)13-4-6-14-12(8-13)5-7-15(17)20-14/h4,6,8,11,15-16H,2-3,5,7,9-10H2,1H3. The maximum Gasteiger partial charge on any atom is 0.183 e. The summed E-state index contributed by atoms with van der Waals surface area (Å²) in [6.07, 6.45) is 3.91. The van der Waals surface area contributed by atoms with Crippen LogP contribution < -0.4 is 4.74 Å². The van der Waals surface area contributed by atoms with Crippen molar-refractivity contribution in [1.29, 1.82) is 0 Å². The number of fused-ring (bicyclic) bond motifs is 1. The molecule has 1 fully saturated rings. The van der Waals surface area contributed by atoms with Crippen molar-refractivity contribution >= 4 is 11.6 Å². The fraction of sp³-hybridized carbons (Fsp3) is 0.625. The molecule has 2 heterocycles. The molecule has 3 nitrogen and oxygen atoms in total. The number of hydrogen-bond acceptors (Lipinski definition) is 3. The Kier molecular flexibility index (Phi) is 4.49. The molecule has 0 N–H and O–H groups in total. The largest absolute Gasteiger partial charge is 0.474 e. The molecular weight excluding hydrogens is 276 g/mol. The number of rotatable bonds is 3. The fourth-order valence-corrected chi connectivity index (χ4v) is 3.04. The average molecular weight is 297 g/mol. The second-order valence-electron chi connectivity index (χ2n) is 5.59. The molecule has 0 bridgehead atoms. The van der Waals surface area contributed by atoms with Crippen molar-refractivity contribution in [3.05, 3.63) is 29.3 Å². The van der Waals surface area contributed by atoms with Crippen LogP contribution in [0.25, 0.3) is 0 Å². The Morgan fingerprint density at radius 3 is 2.80 bits per heavy atom. The van der Waals surface area contributed by atoms with Crippen molar-refractivity contribution in [3.63, 3.8) is 0 Å². The van der Waals surface area contributed by atoms with Crippen LogP contribution in [0.15, 0.2) is 18.2 Å². The van der Waals surface area contributed by atoms with E-state index in [9.17, 15) is 0 Å². The molecule has 1 unspecified atom stereocenters. The molecular formula is C16H21ClO3. The van der Waals surface area contributed by atoms with Crippen LogP contribution in [0.4, 0.5) is 0 Å². The van der Waals surface area contributed by atoms with Gasteiger partial charge in [0.2, 0.25) is 0 Å². The molecule has 4 heteroatoms. The molecule has 1 aromatic carbocycles. The third kappa shape index (κ3) is 3.11. The van der Waals surface area contributed by atoms with E-state index in [1.165, 1.54) is 18.4 Å². The van der Waals surface area contributed by atoms with Crippen LogP contribution in [0, 0.1) is 5.92 Å². The first-order valence-corrected chi connectivity index (χ1v) is 7.86. The first-order valence-electron chi connectivity index (χ1n) is 7.43. The van der Waals surface area contributed by atoms with E-state index in [1.807, 2.05) is 12.1 Å². The van der Waals surface area contributed by atoms with Gasteiger partial charge in [-0.15, -0.1) is 0 Å². The van der Waals surface area contributed by atoms with Crippen molar-refractivity contribution in [1.82, 2.24) is 0 Å². The Morgan fingerprint density at radius 1 is 1.25 bits per heavy atom. The van der Waals surface area contributed by atoms with Crippen LogP contribution in [-0.2, 0) is 15.9 Å². The highest BCUT2D eigenvalue weighted by Gasteiger charge is 2.25. The molecule has 0 amide bonds. The Balaban J connectivity index is 1.66. The number of benzene rings is 1. The zero-order valence-electron chi connectivity index (χ0n) is 11.8. The molecule has 0 aromatic heterocycles. The highest BCUT2D eigenvalue weighted by atomic mass is 35.5. The summed E-state index contributed by atoms with van der Waals surface area (Å²) in [5.74, 6) is 1.42. The number of halogens is 1. The van der Waals surface area contributed by atoms with Gasteiger partial charge in [0.15, 0.2) is 11.9 Å². The lowest BCUT2D eigenvalue weighted by Gasteiger charge is -2.30. The fourth-order valence-electron chi connectivity index (χ4n) is 2.83. The van der Waals surface area contributed by atoms with Gasteiger partial charge in [0.05, 0.1) is 13.2 Å². The molecule has 1 atom stereocenters. The normalized spacial score (nSPS) is 29.6. The number of aryl methyl sites for hydroxylation is 1. The summed E-state index contributed by atoms with van der Waals surface area (Å²) >= 11 is 6.01. The maximum absolute atomic E-state index is 6.01. The topological polar surface area (TPSA) is 27.7 Å². The van der Waals surface area contributed by atoms with Gasteiger partial charge in [0, 0.05) is 17.9 Å². The first kappa shape index (κ1) is 14.2. The second-order valence-corrected chi connectivity index (χ2v) is 6.07. The summed E-state index contributed by atoms with van der Waals surface area (Å²) in [5, 5.41) is 0. The van der Waals surface area contributed by atoms with E-state index in [0.717, 1.165) is 37.4 Å². The number of alkyl halides is 1. The molecule has 0 spiro atoms. The molecule has 0 aliphatic carbocycles. The van der Waals surface area contributed by atoms with E-state index in [2.05, 4.69) is 13.0 Å². The highest BCUT2D eigenvalue weighted by molar-refractivity contribution is 6.19. The van der Waals surface area contributed by atoms with Crippen molar-refractivity contribution < 1.29 is 14.2 Å². The van der Waals surface area contributed by atoms with Gasteiger partial charge in [-0.3, -0.25) is 0 Å². The summed E-state index contributed by atoms with van der Waals surface area (Å²) in [6, 6.07) is 6.12. The average Bonchev–Trinajstić information content (AvgIpc) is 2.48. The molecule has 0 radical (unpaired) electrons. The minimum absolute atomic E-state index is 0.203. The van der Waals surface area contributed by atoms with Crippen LogP contribution in [0.1, 0.15) is 43.6 Å². The van der Waals surface area contributed by atoms with E-state index < -0.39 is 0 Å². The van der Waals surface area contributed by atoms with Crippen LogP contribution in [0.5, 0.6) is 5.75 Å². The predicted molar refractivity (Wildman–Crippen MR) is 78.1 cm³/mol. The molecule has 2 aliphatic rings. The number of ether oxygens (including phenoxy) is 3. The maximum atomic E-state index is 6.01. The van der Waals surface area contributed by atoms with Gasteiger partial charge in [-0.2, -0.15) is 0 Å². The molecule has 3 rings (SSSR count). The van der Waals surface area contributed by atoms with E-state index >= 15 is 0 Å². The van der Waals surface area contributed by atoms with E-state index in [4.69, 9.17) is 25.8 Å². The zero-order chi connectivity index (χ0) is 13.9. The van der Waals surface area contributed by atoms with Crippen LogP contribution in [-0.4, -0.2) is 18.8 Å². The third-order valence-electron chi connectivity index (χ3n) is 3.92. The van der Waals surface area contributed by atoms with Gasteiger partial charge in [-0.05, 0) is 30.5 Å². The monoisotopic (exact) mass is 296 g/mol. The molecule has 20 heavy (non-hydrogen) atoms. The summed E-state index contributed by atoms with van der Waals surface area (Å²) in [5.41, 5.74) is 2.07. The Hall–Kier alpha value is -0.770. The second kappa shape index (κ2) is 6.33. The Labute approximate surface area is 125 Å². The van der Waals surface area contributed by atoms with Crippen molar-refractivity contribution in [2.75, 3.05) is 13.2 Å². The van der Waals surface area contributed by atoms with Gasteiger partial charge in [-0.25, -0.2) is 0 Å². The van der Waals surface area contributed by atoms with Gasteiger partial charge in [0.1, 0.15) is 5.75 Å². The SMILES string of the molecule is CCCC1COC(c2ccc3c(c2)CCC(Cl)O3)OC1. The van der Waals surface area contributed by atoms with Crippen LogP contribution in [0.2, 0.25) is 0 Å². The Bertz CT molecular complexity index is 455. The van der Waals surface area contributed by atoms with Crippen molar-refractivity contribution in [2.45, 2.75) is 44.5 Å². The molecule has 1 aromatic rings. The minimum Gasteiger partial charge on any atom is -0.474 e. The lowest BCUT2D eigenvalue weighted by molar-refractivity contribution is -0.206. The van der Waals surface area contributed by atoms with E-state index in [0.29, 0.717) is 5.92 Å². The Morgan fingerprint density at radius 2 is 2.05 bits per heavy atom. The van der Waals surface area contributed by atoms with Gasteiger partial charge < -0.3 is 14.2 Å². The van der Waals surface area contributed by atoms with Gasteiger partial charge in [-0.1, -0.05) is 31.0 Å². The van der Waals surface area contributed by atoms with Gasteiger partial charge >= 0.3 is 0 Å². The van der Waals surface area contributed by atoms with Crippen LogP contribution >= 0.6 is 11.6 Å². The molecule has 110 valence electrons. The summed E-state index contributed by atoms with van der Waals surface area (Å²) in [4.78, 5) is 0. The zero-order valence-corrected chi connectivity index (χ0v) is 12.6. The highest BCUT2D eigenvalue weighted by Crippen LogP contribution is 2.34. The smallest absolute Gasteiger partial charge is 0.183 e. The lowest BCUT2D eigenvalue weighted by atomic mass is 10.0. The number of hydrogen-bond donors (Lipinski definition) is 0. The van der Waals surface area contributed by atoms with Crippen molar-refractivity contribution in [3.8, 4) is 5.75 Å². The summed E-state index contributed by atoms with van der Waals surface area (Å²) < 4.78 is 17.3. The first-order chi connectivity index (χ1) is 9.76. The van der Waals surface area contributed by atoms with E-state index in [-0.39, 0.29) is 11.9 Å².